The van der Waals surface area contributed by atoms with Gasteiger partial charge in [-0.25, -0.2) is 18.6 Å². The third-order valence-corrected chi connectivity index (χ3v) is 3.66. The molecule has 2 aromatic carbocycles. The zero-order chi connectivity index (χ0) is 19.4. The Labute approximate surface area is 153 Å². The van der Waals surface area contributed by atoms with Crippen LogP contribution in [0.3, 0.4) is 0 Å². The summed E-state index contributed by atoms with van der Waals surface area (Å²) in [5.41, 5.74) is 1.42. The average molecular weight is 371 g/mol. The third kappa shape index (κ3) is 4.35. The number of nitrogens with zero attached hydrogens (tertiary/aromatic N) is 1. The summed E-state index contributed by atoms with van der Waals surface area (Å²) >= 11 is 0. The number of rotatable bonds is 5. The van der Waals surface area contributed by atoms with Crippen LogP contribution in [0.5, 0.6) is 0 Å². The van der Waals surface area contributed by atoms with E-state index >= 15 is 0 Å². The van der Waals surface area contributed by atoms with Gasteiger partial charge in [-0.2, -0.15) is 0 Å². The molecule has 27 heavy (non-hydrogen) atoms. The summed E-state index contributed by atoms with van der Waals surface area (Å²) in [5, 5.41) is 2.31. The van der Waals surface area contributed by atoms with E-state index in [0.29, 0.717) is 11.5 Å². The smallest absolute Gasteiger partial charge is 0.359 e. The zero-order valence-corrected chi connectivity index (χ0v) is 14.3. The van der Waals surface area contributed by atoms with Gasteiger partial charge in [0, 0.05) is 23.0 Å². The molecule has 8 heteroatoms. The highest BCUT2D eigenvalue weighted by Gasteiger charge is 2.18. The standard InChI is InChI=1S/C19H15F2N3O3/c1-11-17(24-18(22-11)12-5-3-2-4-6-12)19(26)27-10-16(25)23-13-7-8-14(20)15(21)9-13/h2-9H,10H2,1H3,(H,22,24)(H,23,25). The maximum Gasteiger partial charge on any atom is 0.359 e. The number of nitrogens with one attached hydrogen (secondary N) is 2. The van der Waals surface area contributed by atoms with Crippen LogP contribution in [0.2, 0.25) is 0 Å². The number of hydrogen-bond donors (Lipinski definition) is 2. The molecule has 1 heterocycles. The summed E-state index contributed by atoms with van der Waals surface area (Å²) in [4.78, 5) is 31.2. The van der Waals surface area contributed by atoms with E-state index in [-0.39, 0.29) is 11.4 Å². The fraction of sp³-hybridized carbons (Fsp3) is 0.105. The van der Waals surface area contributed by atoms with E-state index in [4.69, 9.17) is 4.74 Å². The first-order chi connectivity index (χ1) is 12.9. The molecule has 1 aromatic heterocycles. The monoisotopic (exact) mass is 371 g/mol. The van der Waals surface area contributed by atoms with Crippen LogP contribution in [-0.2, 0) is 9.53 Å². The highest BCUT2D eigenvalue weighted by Crippen LogP contribution is 2.18. The van der Waals surface area contributed by atoms with E-state index in [0.717, 1.165) is 17.7 Å². The van der Waals surface area contributed by atoms with Crippen LogP contribution in [-0.4, -0.2) is 28.5 Å². The lowest BCUT2D eigenvalue weighted by atomic mass is 10.2. The predicted molar refractivity (Wildman–Crippen MR) is 94.0 cm³/mol. The van der Waals surface area contributed by atoms with Gasteiger partial charge in [0.2, 0.25) is 0 Å². The van der Waals surface area contributed by atoms with Crippen LogP contribution in [0.15, 0.2) is 48.5 Å². The number of hydrogen-bond acceptors (Lipinski definition) is 4. The molecule has 0 atom stereocenters. The molecule has 138 valence electrons. The number of esters is 1. The van der Waals surface area contributed by atoms with Crippen molar-refractivity contribution in [3.05, 3.63) is 71.6 Å². The molecule has 3 aromatic rings. The Kier molecular flexibility index (Phi) is 5.25. The second-order valence-electron chi connectivity index (χ2n) is 5.68. The van der Waals surface area contributed by atoms with Crippen LogP contribution in [0, 0.1) is 18.6 Å². The minimum Gasteiger partial charge on any atom is -0.451 e. The fourth-order valence-corrected chi connectivity index (χ4v) is 2.36. The van der Waals surface area contributed by atoms with Crippen LogP contribution in [0.25, 0.3) is 11.4 Å². The van der Waals surface area contributed by atoms with Gasteiger partial charge in [-0.3, -0.25) is 4.79 Å². The lowest BCUT2D eigenvalue weighted by Crippen LogP contribution is -2.21. The second kappa shape index (κ2) is 7.77. The number of carbonyl (C=O) groups is 2. The zero-order valence-electron chi connectivity index (χ0n) is 14.3. The molecule has 0 bridgehead atoms. The van der Waals surface area contributed by atoms with Gasteiger partial charge >= 0.3 is 5.97 Å². The van der Waals surface area contributed by atoms with Crippen LogP contribution < -0.4 is 5.32 Å². The predicted octanol–water partition coefficient (Wildman–Crippen LogP) is 3.46. The molecule has 3 rings (SSSR count). The Balaban J connectivity index is 1.61. The molecule has 6 nitrogen and oxygen atoms in total. The fourth-order valence-electron chi connectivity index (χ4n) is 2.36. The SMILES string of the molecule is Cc1[nH]c(-c2ccccc2)nc1C(=O)OCC(=O)Nc1ccc(F)c(F)c1. The molecule has 0 saturated heterocycles. The van der Waals surface area contributed by atoms with Crippen molar-refractivity contribution in [1.82, 2.24) is 9.97 Å². The topological polar surface area (TPSA) is 84.1 Å². The van der Waals surface area contributed by atoms with Gasteiger partial charge < -0.3 is 15.0 Å². The van der Waals surface area contributed by atoms with Gasteiger partial charge in [0.05, 0.1) is 0 Å². The van der Waals surface area contributed by atoms with Gasteiger partial charge in [0.15, 0.2) is 23.9 Å². The summed E-state index contributed by atoms with van der Waals surface area (Å²) < 4.78 is 30.9. The van der Waals surface area contributed by atoms with Crippen molar-refractivity contribution in [3.63, 3.8) is 0 Å². The van der Waals surface area contributed by atoms with E-state index in [2.05, 4.69) is 15.3 Å². The summed E-state index contributed by atoms with van der Waals surface area (Å²) in [6.45, 7) is 1.07. The summed E-state index contributed by atoms with van der Waals surface area (Å²) in [5.74, 6) is -3.07. The number of carbonyl (C=O) groups excluding carboxylic acids is 2. The number of aryl methyl sites for hydroxylation is 1. The number of benzene rings is 2. The summed E-state index contributed by atoms with van der Waals surface area (Å²) in [7, 11) is 0. The normalized spacial score (nSPS) is 10.5. The number of H-pyrrole nitrogens is 1. The molecule has 2 N–H and O–H groups in total. The van der Waals surface area contributed by atoms with Gasteiger partial charge in [0.25, 0.3) is 5.91 Å². The maximum atomic E-state index is 13.1. The van der Waals surface area contributed by atoms with Gasteiger partial charge in [-0.15, -0.1) is 0 Å². The Morgan fingerprint density at radius 2 is 1.85 bits per heavy atom. The van der Waals surface area contributed by atoms with Crippen molar-refractivity contribution in [2.75, 3.05) is 11.9 Å². The number of aromatic amines is 1. The number of halogens is 2. The van der Waals surface area contributed by atoms with Crippen molar-refractivity contribution in [2.45, 2.75) is 6.92 Å². The molecule has 0 fully saturated rings. The maximum absolute atomic E-state index is 13.1. The molecule has 0 radical (unpaired) electrons. The number of anilines is 1. The molecule has 0 saturated carbocycles. The van der Waals surface area contributed by atoms with Crippen molar-refractivity contribution in [1.29, 1.82) is 0 Å². The number of imidazole rings is 1. The quantitative estimate of drug-likeness (QED) is 0.673. The first-order valence-corrected chi connectivity index (χ1v) is 7.98. The van der Waals surface area contributed by atoms with Gasteiger partial charge in [-0.05, 0) is 19.1 Å². The highest BCUT2D eigenvalue weighted by molar-refractivity contribution is 5.95. The highest BCUT2D eigenvalue weighted by atomic mass is 19.2. The van der Waals surface area contributed by atoms with Crippen LogP contribution in [0.1, 0.15) is 16.2 Å². The van der Waals surface area contributed by atoms with Gasteiger partial charge in [0.1, 0.15) is 5.82 Å². The molecule has 0 aliphatic rings. The Hall–Kier alpha value is -3.55. The van der Waals surface area contributed by atoms with Crippen molar-refractivity contribution in [2.24, 2.45) is 0 Å². The Morgan fingerprint density at radius 3 is 2.56 bits per heavy atom. The van der Waals surface area contributed by atoms with E-state index in [9.17, 15) is 18.4 Å². The lowest BCUT2D eigenvalue weighted by molar-refractivity contribution is -0.119. The third-order valence-electron chi connectivity index (χ3n) is 3.66. The number of ether oxygens (including phenoxy) is 1. The second-order valence-corrected chi connectivity index (χ2v) is 5.68. The van der Waals surface area contributed by atoms with E-state index in [1.807, 2.05) is 30.3 Å². The molecular formula is C19H15F2N3O3. The Morgan fingerprint density at radius 1 is 1.11 bits per heavy atom. The van der Waals surface area contributed by atoms with Crippen molar-refractivity contribution >= 4 is 17.6 Å². The minimum atomic E-state index is -1.09. The molecule has 0 aliphatic heterocycles. The van der Waals surface area contributed by atoms with E-state index in [1.54, 1.807) is 6.92 Å². The number of aromatic nitrogens is 2. The van der Waals surface area contributed by atoms with Crippen LogP contribution in [0.4, 0.5) is 14.5 Å². The molecule has 0 unspecified atom stereocenters. The van der Waals surface area contributed by atoms with Gasteiger partial charge in [-0.1, -0.05) is 30.3 Å². The average Bonchev–Trinajstić information content (AvgIpc) is 3.05. The molecule has 0 spiro atoms. The summed E-state index contributed by atoms with van der Waals surface area (Å²) in [6, 6.07) is 12.1. The molecular weight excluding hydrogens is 356 g/mol. The first-order valence-electron chi connectivity index (χ1n) is 7.98. The summed E-state index contributed by atoms with van der Waals surface area (Å²) in [6.07, 6.45) is 0. The lowest BCUT2D eigenvalue weighted by Gasteiger charge is -2.06. The molecule has 0 aliphatic carbocycles. The largest absolute Gasteiger partial charge is 0.451 e. The Bertz CT molecular complexity index is 987. The number of amides is 1. The minimum absolute atomic E-state index is 0.0530. The van der Waals surface area contributed by atoms with E-state index < -0.39 is 30.1 Å². The van der Waals surface area contributed by atoms with Crippen LogP contribution >= 0.6 is 0 Å². The van der Waals surface area contributed by atoms with Crippen molar-refractivity contribution in [3.8, 4) is 11.4 Å². The molecule has 1 amide bonds. The first kappa shape index (κ1) is 18.2. The van der Waals surface area contributed by atoms with E-state index in [1.165, 1.54) is 6.07 Å². The van der Waals surface area contributed by atoms with Crippen molar-refractivity contribution < 1.29 is 23.1 Å².